The molecule has 1 atom stereocenters. The van der Waals surface area contributed by atoms with Crippen LogP contribution in [-0.2, 0) is 9.59 Å². The second kappa shape index (κ2) is 9.23. The zero-order chi connectivity index (χ0) is 24.5. The van der Waals surface area contributed by atoms with Gasteiger partial charge in [-0.05, 0) is 42.3 Å². The van der Waals surface area contributed by atoms with E-state index in [1.807, 2.05) is 30.3 Å². The number of nitrogens with zero attached hydrogens (tertiary/aromatic N) is 2. The monoisotopic (exact) mass is 488 g/mol. The summed E-state index contributed by atoms with van der Waals surface area (Å²) >= 11 is 6.31. The van der Waals surface area contributed by atoms with E-state index < -0.39 is 24.3 Å². The van der Waals surface area contributed by atoms with Crippen LogP contribution in [0, 0.1) is 0 Å². The molecule has 0 saturated heterocycles. The molecule has 9 heteroatoms. The Bertz CT molecular complexity index is 1510. The molecular formula is C26H19ClN3O5-. The van der Waals surface area contributed by atoms with E-state index in [4.69, 9.17) is 16.0 Å². The molecule has 8 nitrogen and oxygen atoms in total. The number of furan rings is 1. The number of carbonyl (C=O) groups is 2. The van der Waals surface area contributed by atoms with Gasteiger partial charge in [-0.25, -0.2) is 5.01 Å². The first-order chi connectivity index (χ1) is 16.9. The van der Waals surface area contributed by atoms with E-state index in [0.717, 1.165) is 10.9 Å². The third-order valence-corrected chi connectivity index (χ3v) is 6.14. The van der Waals surface area contributed by atoms with Crippen LogP contribution >= 0.6 is 11.6 Å². The summed E-state index contributed by atoms with van der Waals surface area (Å²) in [5, 5.41) is 17.9. The third-order valence-electron chi connectivity index (χ3n) is 5.91. The predicted octanol–water partition coefficient (Wildman–Crippen LogP) is 3.65. The molecule has 0 saturated carbocycles. The quantitative estimate of drug-likeness (QED) is 0.444. The largest absolute Gasteiger partial charge is 0.550 e. The number of hydrogen-bond acceptors (Lipinski definition) is 6. The first-order valence-corrected chi connectivity index (χ1v) is 11.3. The molecule has 4 aromatic rings. The lowest BCUT2D eigenvalue weighted by Crippen LogP contribution is -2.29. The van der Waals surface area contributed by atoms with Crippen molar-refractivity contribution in [1.29, 1.82) is 0 Å². The fourth-order valence-electron chi connectivity index (χ4n) is 4.36. The average Bonchev–Trinajstić information content (AvgIpc) is 3.53. The number of carboxylic acid groups (broad SMARTS) is 1. The van der Waals surface area contributed by atoms with Crippen LogP contribution in [0.3, 0.4) is 0 Å². The molecule has 0 unspecified atom stereocenters. The standard InChI is InChI=1S/C26H20ClN3O5/c27-16-8-9-18-17(13-16)24(15-5-2-1-3-6-15)25(26(34)28-18)19-14-20(21-7-4-12-35-21)30(29-19)22(31)10-11-23(32)33/h1-9,12-13,20H,10-11,14H2,(H,28,34)(H,32,33)/p-1/t20-/m1/s1. The van der Waals surface area contributed by atoms with Crippen molar-refractivity contribution < 1.29 is 19.1 Å². The summed E-state index contributed by atoms with van der Waals surface area (Å²) in [6.45, 7) is 0. The Morgan fingerprint density at radius 2 is 1.89 bits per heavy atom. The first-order valence-electron chi connectivity index (χ1n) is 11.0. The molecule has 1 amide bonds. The van der Waals surface area contributed by atoms with Gasteiger partial charge in [-0.3, -0.25) is 9.59 Å². The summed E-state index contributed by atoms with van der Waals surface area (Å²) in [4.78, 5) is 40.1. The maximum absolute atomic E-state index is 13.4. The predicted molar refractivity (Wildman–Crippen MR) is 129 cm³/mol. The fourth-order valence-corrected chi connectivity index (χ4v) is 4.53. The molecule has 0 spiro atoms. The number of aromatic amines is 1. The van der Waals surface area contributed by atoms with Gasteiger partial charge in [0.15, 0.2) is 0 Å². The molecule has 176 valence electrons. The summed E-state index contributed by atoms with van der Waals surface area (Å²) in [6, 6.07) is 17.4. The van der Waals surface area contributed by atoms with Gasteiger partial charge in [0.25, 0.3) is 5.56 Å². The number of amides is 1. The van der Waals surface area contributed by atoms with Crippen molar-refractivity contribution in [2.45, 2.75) is 25.3 Å². The molecule has 35 heavy (non-hydrogen) atoms. The summed E-state index contributed by atoms with van der Waals surface area (Å²) in [6.07, 6.45) is 0.970. The zero-order valence-electron chi connectivity index (χ0n) is 18.4. The maximum atomic E-state index is 13.4. The topological polar surface area (TPSA) is 119 Å². The highest BCUT2D eigenvalue weighted by molar-refractivity contribution is 6.31. The van der Waals surface area contributed by atoms with Gasteiger partial charge in [-0.15, -0.1) is 0 Å². The molecule has 0 bridgehead atoms. The maximum Gasteiger partial charge on any atom is 0.258 e. The molecule has 2 aromatic heterocycles. The number of hydrazone groups is 1. The minimum atomic E-state index is -1.33. The molecule has 1 aliphatic heterocycles. The van der Waals surface area contributed by atoms with Crippen molar-refractivity contribution in [1.82, 2.24) is 9.99 Å². The van der Waals surface area contributed by atoms with Crippen molar-refractivity contribution >= 4 is 40.1 Å². The number of carbonyl (C=O) groups excluding carboxylic acids is 2. The minimum Gasteiger partial charge on any atom is -0.550 e. The van der Waals surface area contributed by atoms with Gasteiger partial charge in [-0.1, -0.05) is 41.9 Å². The molecule has 0 fully saturated rings. The second-order valence-corrected chi connectivity index (χ2v) is 8.59. The van der Waals surface area contributed by atoms with Gasteiger partial charge in [0.1, 0.15) is 11.8 Å². The van der Waals surface area contributed by atoms with Crippen LogP contribution in [0.5, 0.6) is 0 Å². The minimum absolute atomic E-state index is 0.208. The summed E-state index contributed by atoms with van der Waals surface area (Å²) in [5.74, 6) is -1.36. The highest BCUT2D eigenvalue weighted by Gasteiger charge is 2.36. The van der Waals surface area contributed by atoms with E-state index in [1.165, 1.54) is 11.3 Å². The second-order valence-electron chi connectivity index (χ2n) is 8.15. The Morgan fingerprint density at radius 1 is 1.09 bits per heavy atom. The zero-order valence-corrected chi connectivity index (χ0v) is 19.1. The highest BCUT2D eigenvalue weighted by Crippen LogP contribution is 2.37. The normalized spacial score (nSPS) is 15.4. The molecule has 1 N–H and O–H groups in total. The van der Waals surface area contributed by atoms with Crippen LogP contribution in [0.25, 0.3) is 22.0 Å². The summed E-state index contributed by atoms with van der Waals surface area (Å²) in [5.41, 5.74) is 2.39. The lowest BCUT2D eigenvalue weighted by molar-refractivity contribution is -0.305. The molecule has 2 aromatic carbocycles. The van der Waals surface area contributed by atoms with Crippen LogP contribution in [0.1, 0.15) is 36.6 Å². The number of fused-ring (bicyclic) bond motifs is 1. The summed E-state index contributed by atoms with van der Waals surface area (Å²) in [7, 11) is 0. The van der Waals surface area contributed by atoms with Crippen LogP contribution in [0.2, 0.25) is 5.02 Å². The highest BCUT2D eigenvalue weighted by atomic mass is 35.5. The average molecular weight is 489 g/mol. The number of aliphatic carboxylic acids is 1. The third kappa shape index (κ3) is 4.36. The van der Waals surface area contributed by atoms with Gasteiger partial charge < -0.3 is 19.3 Å². The van der Waals surface area contributed by atoms with Gasteiger partial charge in [0.05, 0.1) is 17.5 Å². The number of carboxylic acids is 1. The van der Waals surface area contributed by atoms with Gasteiger partial charge in [0.2, 0.25) is 5.91 Å². The molecule has 1 aliphatic rings. The van der Waals surface area contributed by atoms with Crippen molar-refractivity contribution in [2.24, 2.45) is 5.10 Å². The van der Waals surface area contributed by atoms with Crippen LogP contribution in [-0.4, -0.2) is 27.6 Å². The van der Waals surface area contributed by atoms with E-state index in [1.54, 1.807) is 30.3 Å². The molecule has 0 radical (unpaired) electrons. The summed E-state index contributed by atoms with van der Waals surface area (Å²) < 4.78 is 5.54. The van der Waals surface area contributed by atoms with E-state index in [9.17, 15) is 19.5 Å². The SMILES string of the molecule is O=C([O-])CCC(=O)N1N=C(c2c(-c3ccccc3)c3cc(Cl)ccc3[nH]c2=O)C[C@@H]1c1ccco1. The van der Waals surface area contributed by atoms with Crippen LogP contribution < -0.4 is 10.7 Å². The lowest BCUT2D eigenvalue weighted by atomic mass is 9.92. The number of benzene rings is 2. The lowest BCUT2D eigenvalue weighted by Gasteiger charge is -2.19. The van der Waals surface area contributed by atoms with E-state index in [0.29, 0.717) is 33.1 Å². The van der Waals surface area contributed by atoms with Crippen molar-refractivity contribution in [3.05, 3.63) is 93.6 Å². The molecule has 5 rings (SSSR count). The number of hydrogen-bond donors (Lipinski definition) is 1. The number of rotatable bonds is 6. The Hall–Kier alpha value is -4.17. The molecular weight excluding hydrogens is 470 g/mol. The van der Waals surface area contributed by atoms with Crippen LogP contribution in [0.4, 0.5) is 0 Å². The van der Waals surface area contributed by atoms with Crippen molar-refractivity contribution in [2.75, 3.05) is 0 Å². The van der Waals surface area contributed by atoms with Crippen LogP contribution in [0.15, 0.2) is 81.2 Å². The number of aromatic nitrogens is 1. The van der Waals surface area contributed by atoms with Gasteiger partial charge in [0, 0.05) is 40.3 Å². The molecule has 3 heterocycles. The van der Waals surface area contributed by atoms with E-state index >= 15 is 0 Å². The van der Waals surface area contributed by atoms with Crippen molar-refractivity contribution in [3.8, 4) is 11.1 Å². The number of nitrogens with one attached hydrogen (secondary N) is 1. The van der Waals surface area contributed by atoms with E-state index in [2.05, 4.69) is 10.1 Å². The van der Waals surface area contributed by atoms with Gasteiger partial charge >= 0.3 is 0 Å². The van der Waals surface area contributed by atoms with Gasteiger partial charge in [-0.2, -0.15) is 5.10 Å². The Kier molecular flexibility index (Phi) is 5.96. The first kappa shape index (κ1) is 22.6. The number of H-pyrrole nitrogens is 1. The Labute approximate surface area is 204 Å². The Balaban J connectivity index is 1.70. The number of halogens is 1. The van der Waals surface area contributed by atoms with E-state index in [-0.39, 0.29) is 18.4 Å². The Morgan fingerprint density at radius 3 is 2.60 bits per heavy atom. The number of pyridine rings is 1. The smallest absolute Gasteiger partial charge is 0.258 e. The fraction of sp³-hybridized carbons (Fsp3) is 0.154. The molecule has 0 aliphatic carbocycles. The van der Waals surface area contributed by atoms with Crippen molar-refractivity contribution in [3.63, 3.8) is 0 Å².